The molecule has 0 unspecified atom stereocenters. The first-order valence-corrected chi connectivity index (χ1v) is 12.3. The largest absolute Gasteiger partial charge is 0.497 e. The second kappa shape index (κ2) is 10.6. The quantitative estimate of drug-likeness (QED) is 0.499. The Hall–Kier alpha value is -3.91. The Balaban J connectivity index is 1.40. The summed E-state index contributed by atoms with van der Waals surface area (Å²) in [4.78, 5) is 28.6. The minimum atomic E-state index is -0.497. The van der Waals surface area contributed by atoms with Crippen LogP contribution in [0.15, 0.2) is 60.7 Å². The van der Waals surface area contributed by atoms with Crippen LogP contribution in [0.2, 0.25) is 5.02 Å². The van der Waals surface area contributed by atoms with Gasteiger partial charge < -0.3 is 29.2 Å². The second-order valence-corrected chi connectivity index (χ2v) is 9.32. The number of ether oxygens (including phenoxy) is 4. The molecule has 2 aliphatic heterocycles. The van der Waals surface area contributed by atoms with Gasteiger partial charge in [0.25, 0.3) is 5.91 Å². The molecular formula is C28H27ClN2O6. The molecule has 9 heteroatoms. The highest BCUT2D eigenvalue weighted by Crippen LogP contribution is 2.40. The predicted molar refractivity (Wildman–Crippen MR) is 138 cm³/mol. The lowest BCUT2D eigenvalue weighted by molar-refractivity contribution is -0.125. The fourth-order valence-corrected chi connectivity index (χ4v) is 5.07. The first kappa shape index (κ1) is 24.8. The van der Waals surface area contributed by atoms with Crippen LogP contribution in [0.1, 0.15) is 27.4 Å². The summed E-state index contributed by atoms with van der Waals surface area (Å²) in [6.07, 6.45) is 0. The summed E-state index contributed by atoms with van der Waals surface area (Å²) in [5.41, 5.74) is 2.13. The van der Waals surface area contributed by atoms with Crippen LogP contribution in [0.3, 0.4) is 0 Å². The molecule has 0 saturated carbocycles. The molecule has 1 N–H and O–H groups in total. The summed E-state index contributed by atoms with van der Waals surface area (Å²) in [6, 6.07) is 18.0. The van der Waals surface area contributed by atoms with Crippen molar-refractivity contribution >= 4 is 23.4 Å². The Morgan fingerprint density at radius 3 is 2.59 bits per heavy atom. The molecule has 0 aliphatic carbocycles. The van der Waals surface area contributed by atoms with E-state index in [1.807, 2.05) is 30.3 Å². The van der Waals surface area contributed by atoms with E-state index in [0.29, 0.717) is 46.7 Å². The predicted octanol–water partition coefficient (Wildman–Crippen LogP) is 4.26. The average Bonchev–Trinajstić information content (AvgIpc) is 3.58. The van der Waals surface area contributed by atoms with Gasteiger partial charge in [-0.2, -0.15) is 0 Å². The number of amides is 2. The molecule has 2 heterocycles. The molecule has 0 spiro atoms. The minimum Gasteiger partial charge on any atom is -0.497 e. The minimum absolute atomic E-state index is 0.157. The maximum atomic E-state index is 13.5. The monoisotopic (exact) mass is 522 g/mol. The number of rotatable bonds is 7. The number of fused-ring (bicyclic) bond motifs is 1. The Kier molecular flexibility index (Phi) is 7.10. The summed E-state index contributed by atoms with van der Waals surface area (Å²) in [7, 11) is 3.16. The highest BCUT2D eigenvalue weighted by molar-refractivity contribution is 6.33. The van der Waals surface area contributed by atoms with Gasteiger partial charge in [-0.1, -0.05) is 35.9 Å². The van der Waals surface area contributed by atoms with Gasteiger partial charge in [-0.15, -0.1) is 0 Å². The molecule has 192 valence electrons. The zero-order valence-electron chi connectivity index (χ0n) is 20.5. The number of carbonyl (C=O) groups excluding carboxylic acids is 2. The van der Waals surface area contributed by atoms with E-state index in [-0.39, 0.29) is 31.1 Å². The van der Waals surface area contributed by atoms with Crippen molar-refractivity contribution in [1.82, 2.24) is 10.2 Å². The molecule has 1 fully saturated rings. The van der Waals surface area contributed by atoms with Crippen molar-refractivity contribution in [1.29, 1.82) is 0 Å². The van der Waals surface area contributed by atoms with E-state index in [4.69, 9.17) is 30.5 Å². The summed E-state index contributed by atoms with van der Waals surface area (Å²) in [5.74, 6) is 1.43. The van der Waals surface area contributed by atoms with Crippen molar-refractivity contribution in [3.05, 3.63) is 82.4 Å². The van der Waals surface area contributed by atoms with E-state index in [1.54, 1.807) is 49.5 Å². The summed E-state index contributed by atoms with van der Waals surface area (Å²) in [5, 5.41) is 3.41. The molecule has 0 aromatic heterocycles. The molecule has 0 bridgehead atoms. The smallest absolute Gasteiger partial charge is 0.255 e. The SMILES string of the molecule is COc1ccc([C@H]2CN(C(=O)c3ccccc3Cl)C[C@H]2C(=O)NCc2ccc3c(c2)OCO3)c(OC)c1. The molecule has 0 radical (unpaired) electrons. The summed E-state index contributed by atoms with van der Waals surface area (Å²) < 4.78 is 21.8. The van der Waals surface area contributed by atoms with Crippen LogP contribution in [0.5, 0.6) is 23.0 Å². The molecule has 8 nitrogen and oxygen atoms in total. The fraction of sp³-hybridized carbons (Fsp3) is 0.286. The van der Waals surface area contributed by atoms with Gasteiger partial charge in [0.1, 0.15) is 11.5 Å². The van der Waals surface area contributed by atoms with E-state index in [9.17, 15) is 9.59 Å². The van der Waals surface area contributed by atoms with Crippen LogP contribution in [-0.4, -0.2) is 50.8 Å². The van der Waals surface area contributed by atoms with Crippen LogP contribution >= 0.6 is 11.6 Å². The fourth-order valence-electron chi connectivity index (χ4n) is 4.85. The third-order valence-corrected chi connectivity index (χ3v) is 7.12. The van der Waals surface area contributed by atoms with Crippen molar-refractivity contribution in [3.8, 4) is 23.0 Å². The van der Waals surface area contributed by atoms with Crippen molar-refractivity contribution in [2.24, 2.45) is 5.92 Å². The number of carbonyl (C=O) groups is 2. The summed E-state index contributed by atoms with van der Waals surface area (Å²) >= 11 is 6.31. The lowest BCUT2D eigenvalue weighted by atomic mass is 9.87. The zero-order valence-corrected chi connectivity index (χ0v) is 21.3. The number of halogens is 1. The van der Waals surface area contributed by atoms with Crippen LogP contribution < -0.4 is 24.3 Å². The Morgan fingerprint density at radius 1 is 1.00 bits per heavy atom. The van der Waals surface area contributed by atoms with E-state index >= 15 is 0 Å². The number of nitrogens with zero attached hydrogens (tertiary/aromatic N) is 1. The topological polar surface area (TPSA) is 86.3 Å². The first-order valence-electron chi connectivity index (χ1n) is 11.9. The van der Waals surface area contributed by atoms with Gasteiger partial charge in [0, 0.05) is 37.2 Å². The van der Waals surface area contributed by atoms with Gasteiger partial charge in [-0.3, -0.25) is 9.59 Å². The molecular weight excluding hydrogens is 496 g/mol. The molecule has 2 atom stereocenters. The number of methoxy groups -OCH3 is 2. The normalized spacial score (nSPS) is 18.0. The number of benzene rings is 3. The van der Waals surface area contributed by atoms with E-state index in [0.717, 1.165) is 11.1 Å². The van der Waals surface area contributed by atoms with Crippen LogP contribution in [-0.2, 0) is 11.3 Å². The van der Waals surface area contributed by atoms with Gasteiger partial charge in [0.05, 0.1) is 30.7 Å². The molecule has 37 heavy (non-hydrogen) atoms. The molecule has 2 amide bonds. The number of likely N-dealkylation sites (tertiary alicyclic amines) is 1. The van der Waals surface area contributed by atoms with E-state index in [1.165, 1.54) is 0 Å². The van der Waals surface area contributed by atoms with Crippen molar-refractivity contribution in [3.63, 3.8) is 0 Å². The molecule has 1 saturated heterocycles. The van der Waals surface area contributed by atoms with Gasteiger partial charge in [-0.05, 0) is 35.9 Å². The summed E-state index contributed by atoms with van der Waals surface area (Å²) in [6.45, 7) is 1.09. The average molecular weight is 523 g/mol. The van der Waals surface area contributed by atoms with Crippen molar-refractivity contribution in [2.45, 2.75) is 12.5 Å². The third-order valence-electron chi connectivity index (χ3n) is 6.79. The number of nitrogens with one attached hydrogen (secondary N) is 1. The van der Waals surface area contributed by atoms with E-state index in [2.05, 4.69) is 5.32 Å². The van der Waals surface area contributed by atoms with Crippen molar-refractivity contribution in [2.75, 3.05) is 34.1 Å². The Bertz CT molecular complexity index is 1330. The zero-order chi connectivity index (χ0) is 25.9. The number of hydrogen-bond acceptors (Lipinski definition) is 6. The maximum Gasteiger partial charge on any atom is 0.255 e. The highest BCUT2D eigenvalue weighted by Gasteiger charge is 2.42. The van der Waals surface area contributed by atoms with Gasteiger partial charge >= 0.3 is 0 Å². The van der Waals surface area contributed by atoms with E-state index < -0.39 is 5.92 Å². The highest BCUT2D eigenvalue weighted by atomic mass is 35.5. The molecule has 2 aliphatic rings. The molecule has 5 rings (SSSR count). The van der Waals surface area contributed by atoms with Crippen molar-refractivity contribution < 1.29 is 28.5 Å². The molecule has 3 aromatic rings. The lowest BCUT2D eigenvalue weighted by Gasteiger charge is -2.21. The second-order valence-electron chi connectivity index (χ2n) is 8.92. The third kappa shape index (κ3) is 5.02. The van der Waals surface area contributed by atoms with Gasteiger partial charge in [-0.25, -0.2) is 0 Å². The maximum absolute atomic E-state index is 13.5. The first-order chi connectivity index (χ1) is 18.0. The lowest BCUT2D eigenvalue weighted by Crippen LogP contribution is -2.35. The van der Waals surface area contributed by atoms with Crippen LogP contribution in [0.4, 0.5) is 0 Å². The molecule has 3 aromatic carbocycles. The van der Waals surface area contributed by atoms with Gasteiger partial charge in [0.2, 0.25) is 12.7 Å². The Labute approximate surface area is 220 Å². The number of hydrogen-bond donors (Lipinski definition) is 1. The van der Waals surface area contributed by atoms with Crippen LogP contribution in [0, 0.1) is 5.92 Å². The van der Waals surface area contributed by atoms with Gasteiger partial charge in [0.15, 0.2) is 11.5 Å². The standard InChI is InChI=1S/C28H27ClN2O6/c1-34-18-8-9-19(25(12-18)35-2)21-14-31(28(33)20-5-3-4-6-23(20)29)15-22(21)27(32)30-13-17-7-10-24-26(11-17)37-16-36-24/h3-12,21-22H,13-16H2,1-2H3,(H,30,32)/t21-,22-/m1/s1. The van der Waals surface area contributed by atoms with Crippen LogP contribution in [0.25, 0.3) is 0 Å². The Morgan fingerprint density at radius 2 is 1.81 bits per heavy atom.